The van der Waals surface area contributed by atoms with Crippen LogP contribution in [-0.2, 0) is 10.8 Å². The highest BCUT2D eigenvalue weighted by atomic mass is 32.2. The van der Waals surface area contributed by atoms with E-state index < -0.39 is 10.8 Å². The van der Waals surface area contributed by atoms with Crippen molar-refractivity contribution in [3.05, 3.63) is 29.3 Å². The molecule has 0 radical (unpaired) electrons. The summed E-state index contributed by atoms with van der Waals surface area (Å²) in [7, 11) is -0.875. The standard InChI is InChI=1S/C17H27NOS/c1-5-10-18-15-7-9-17(14(15)4)20(19)16-8-6-12(2)11-13(16)3/h6,8,11,14-15,17-18H,5,7,9-10H2,1-4H3. The SMILES string of the molecule is CCCNC1CCC(S(=O)c2ccc(C)cc2C)C1C. The molecule has 20 heavy (non-hydrogen) atoms. The molecule has 0 aromatic heterocycles. The van der Waals surface area contributed by atoms with Gasteiger partial charge >= 0.3 is 0 Å². The van der Waals surface area contributed by atoms with Crippen LogP contribution in [0.2, 0.25) is 0 Å². The van der Waals surface area contributed by atoms with E-state index in [0.29, 0.717) is 17.2 Å². The lowest BCUT2D eigenvalue weighted by atomic mass is 10.1. The molecule has 3 heteroatoms. The Labute approximate surface area is 125 Å². The minimum atomic E-state index is -0.875. The van der Waals surface area contributed by atoms with Crippen LogP contribution in [0.1, 0.15) is 44.2 Å². The van der Waals surface area contributed by atoms with Gasteiger partial charge in [0.25, 0.3) is 0 Å². The second-order valence-electron chi connectivity index (χ2n) is 6.10. The quantitative estimate of drug-likeness (QED) is 0.899. The van der Waals surface area contributed by atoms with Crippen LogP contribution in [0.4, 0.5) is 0 Å². The first-order valence-corrected chi connectivity index (χ1v) is 8.97. The van der Waals surface area contributed by atoms with Crippen molar-refractivity contribution in [1.82, 2.24) is 5.32 Å². The van der Waals surface area contributed by atoms with Gasteiger partial charge in [0, 0.05) is 16.2 Å². The number of rotatable bonds is 5. The lowest BCUT2D eigenvalue weighted by molar-refractivity contribution is 0.429. The molecular formula is C17H27NOS. The molecule has 0 heterocycles. The van der Waals surface area contributed by atoms with Crippen LogP contribution in [0, 0.1) is 19.8 Å². The molecule has 1 fully saturated rings. The van der Waals surface area contributed by atoms with Gasteiger partial charge in [-0.1, -0.05) is 31.5 Å². The van der Waals surface area contributed by atoms with Crippen molar-refractivity contribution < 1.29 is 4.21 Å². The Balaban J connectivity index is 2.10. The van der Waals surface area contributed by atoms with E-state index in [1.807, 2.05) is 0 Å². The zero-order valence-electron chi connectivity index (χ0n) is 13.1. The Hall–Kier alpha value is -0.670. The fourth-order valence-corrected chi connectivity index (χ4v) is 5.07. The largest absolute Gasteiger partial charge is 0.314 e. The lowest BCUT2D eigenvalue weighted by Crippen LogP contribution is -2.35. The van der Waals surface area contributed by atoms with Gasteiger partial charge in [-0.25, -0.2) is 0 Å². The molecule has 1 N–H and O–H groups in total. The van der Waals surface area contributed by atoms with E-state index in [1.165, 1.54) is 11.1 Å². The summed E-state index contributed by atoms with van der Waals surface area (Å²) in [5, 5.41) is 3.90. The van der Waals surface area contributed by atoms with Gasteiger partial charge in [0.1, 0.15) is 0 Å². The second-order valence-corrected chi connectivity index (χ2v) is 7.74. The van der Waals surface area contributed by atoms with Crippen molar-refractivity contribution in [3.8, 4) is 0 Å². The highest BCUT2D eigenvalue weighted by Crippen LogP contribution is 2.33. The first-order chi connectivity index (χ1) is 9.54. The van der Waals surface area contributed by atoms with Gasteiger partial charge in [0.2, 0.25) is 0 Å². The van der Waals surface area contributed by atoms with Gasteiger partial charge in [-0.15, -0.1) is 0 Å². The maximum atomic E-state index is 12.9. The fraction of sp³-hybridized carbons (Fsp3) is 0.647. The molecule has 0 spiro atoms. The van der Waals surface area contributed by atoms with E-state index in [0.717, 1.165) is 30.7 Å². The van der Waals surface area contributed by atoms with Gasteiger partial charge in [0.05, 0.1) is 10.8 Å². The lowest BCUT2D eigenvalue weighted by Gasteiger charge is -2.22. The van der Waals surface area contributed by atoms with Crippen LogP contribution in [0.5, 0.6) is 0 Å². The minimum Gasteiger partial charge on any atom is -0.314 e. The highest BCUT2D eigenvalue weighted by molar-refractivity contribution is 7.85. The van der Waals surface area contributed by atoms with Gasteiger partial charge in [0.15, 0.2) is 0 Å². The third-order valence-electron chi connectivity index (χ3n) is 4.46. The van der Waals surface area contributed by atoms with Gasteiger partial charge < -0.3 is 5.32 Å². The number of hydrogen-bond donors (Lipinski definition) is 1. The zero-order chi connectivity index (χ0) is 14.7. The van der Waals surface area contributed by atoms with E-state index in [4.69, 9.17) is 0 Å². The molecule has 0 aliphatic heterocycles. The summed E-state index contributed by atoms with van der Waals surface area (Å²) in [5.74, 6) is 0.489. The molecule has 0 amide bonds. The smallest absolute Gasteiger partial charge is 0.0566 e. The first-order valence-electron chi connectivity index (χ1n) is 7.75. The maximum Gasteiger partial charge on any atom is 0.0566 e. The topological polar surface area (TPSA) is 29.1 Å². The Morgan fingerprint density at radius 2 is 2.05 bits per heavy atom. The van der Waals surface area contributed by atoms with Crippen LogP contribution < -0.4 is 5.32 Å². The van der Waals surface area contributed by atoms with Crippen LogP contribution in [-0.4, -0.2) is 22.0 Å². The molecule has 4 unspecified atom stereocenters. The normalized spacial score (nSPS) is 27.7. The second kappa shape index (κ2) is 6.86. The van der Waals surface area contributed by atoms with E-state index in [1.54, 1.807) is 0 Å². The maximum absolute atomic E-state index is 12.9. The third kappa shape index (κ3) is 3.32. The Kier molecular flexibility index (Phi) is 5.39. The summed E-state index contributed by atoms with van der Waals surface area (Å²) >= 11 is 0. The molecule has 2 rings (SSSR count). The molecule has 1 aromatic rings. The fourth-order valence-electron chi connectivity index (χ4n) is 3.24. The van der Waals surface area contributed by atoms with Crippen molar-refractivity contribution in [1.29, 1.82) is 0 Å². The molecule has 2 nitrogen and oxygen atoms in total. The highest BCUT2D eigenvalue weighted by Gasteiger charge is 2.36. The van der Waals surface area contributed by atoms with Crippen LogP contribution in [0.15, 0.2) is 23.1 Å². The Morgan fingerprint density at radius 1 is 1.30 bits per heavy atom. The van der Waals surface area contributed by atoms with Crippen LogP contribution in [0.25, 0.3) is 0 Å². The summed E-state index contributed by atoms with van der Waals surface area (Å²) in [5.41, 5.74) is 2.41. The van der Waals surface area contributed by atoms with E-state index >= 15 is 0 Å². The average molecular weight is 293 g/mol. The van der Waals surface area contributed by atoms with Crippen molar-refractivity contribution in [2.75, 3.05) is 6.54 Å². The Bertz CT molecular complexity index is 486. The molecule has 1 aromatic carbocycles. The molecule has 4 atom stereocenters. The summed E-state index contributed by atoms with van der Waals surface area (Å²) < 4.78 is 12.9. The van der Waals surface area contributed by atoms with E-state index in [9.17, 15) is 4.21 Å². The summed E-state index contributed by atoms with van der Waals surface area (Å²) in [6.45, 7) is 9.68. The van der Waals surface area contributed by atoms with Crippen molar-refractivity contribution in [2.45, 2.75) is 63.1 Å². The van der Waals surface area contributed by atoms with E-state index in [-0.39, 0.29) is 0 Å². The van der Waals surface area contributed by atoms with Crippen LogP contribution in [0.3, 0.4) is 0 Å². The molecule has 1 saturated carbocycles. The van der Waals surface area contributed by atoms with Crippen molar-refractivity contribution >= 4 is 10.8 Å². The van der Waals surface area contributed by atoms with Gasteiger partial charge in [-0.2, -0.15) is 0 Å². The van der Waals surface area contributed by atoms with Gasteiger partial charge in [-0.05, 0) is 57.2 Å². The first kappa shape index (κ1) is 15.7. The molecule has 0 bridgehead atoms. The third-order valence-corrected chi connectivity index (χ3v) is 6.57. The monoisotopic (exact) mass is 293 g/mol. The molecule has 0 saturated heterocycles. The summed E-state index contributed by atoms with van der Waals surface area (Å²) in [4.78, 5) is 1.03. The van der Waals surface area contributed by atoms with Crippen molar-refractivity contribution in [3.63, 3.8) is 0 Å². The van der Waals surface area contributed by atoms with E-state index in [2.05, 4.69) is 51.2 Å². The molecule has 1 aliphatic rings. The predicted octanol–water partition coefficient (Wildman–Crippen LogP) is 3.58. The van der Waals surface area contributed by atoms with Crippen LogP contribution >= 0.6 is 0 Å². The minimum absolute atomic E-state index is 0.297. The summed E-state index contributed by atoms with van der Waals surface area (Å²) in [6, 6.07) is 6.81. The Morgan fingerprint density at radius 3 is 2.70 bits per heavy atom. The zero-order valence-corrected chi connectivity index (χ0v) is 13.9. The molecular weight excluding hydrogens is 266 g/mol. The number of nitrogens with one attached hydrogen (secondary N) is 1. The number of aryl methyl sites for hydroxylation is 2. The molecule has 112 valence electrons. The predicted molar refractivity (Wildman–Crippen MR) is 86.6 cm³/mol. The van der Waals surface area contributed by atoms with Gasteiger partial charge in [-0.3, -0.25) is 4.21 Å². The number of hydrogen-bond acceptors (Lipinski definition) is 2. The van der Waals surface area contributed by atoms with Crippen molar-refractivity contribution in [2.24, 2.45) is 5.92 Å². The molecule has 1 aliphatic carbocycles. The number of benzene rings is 1. The summed E-state index contributed by atoms with van der Waals surface area (Å²) in [6.07, 6.45) is 3.39. The average Bonchev–Trinajstić information content (AvgIpc) is 2.77.